The average Bonchev–Trinajstić information content (AvgIpc) is 2.45. The molecule has 0 fully saturated rings. The standard InChI is InChI=1S/C17H18FNO/c1-12-8-9-15(16(18)10-12)17(20)19-11-13(2)14-6-4-3-5-7-14/h3-10,13H,11H2,1-2H3,(H,19,20). The van der Waals surface area contributed by atoms with E-state index in [4.69, 9.17) is 0 Å². The van der Waals surface area contributed by atoms with Crippen molar-refractivity contribution >= 4 is 5.91 Å². The summed E-state index contributed by atoms with van der Waals surface area (Å²) in [6.45, 7) is 4.31. The number of rotatable bonds is 4. The van der Waals surface area contributed by atoms with E-state index in [9.17, 15) is 9.18 Å². The van der Waals surface area contributed by atoms with Crippen LogP contribution in [0.5, 0.6) is 0 Å². The van der Waals surface area contributed by atoms with E-state index in [-0.39, 0.29) is 17.4 Å². The quantitative estimate of drug-likeness (QED) is 0.903. The number of carbonyl (C=O) groups excluding carboxylic acids is 1. The van der Waals surface area contributed by atoms with Gasteiger partial charge in [0.15, 0.2) is 0 Å². The van der Waals surface area contributed by atoms with E-state index in [1.54, 1.807) is 13.0 Å². The second-order valence-corrected chi connectivity index (χ2v) is 5.01. The summed E-state index contributed by atoms with van der Waals surface area (Å²) in [5.74, 6) is -0.659. The molecule has 1 unspecified atom stereocenters. The van der Waals surface area contributed by atoms with Crippen molar-refractivity contribution in [2.45, 2.75) is 19.8 Å². The van der Waals surface area contributed by atoms with Gasteiger partial charge in [-0.15, -0.1) is 0 Å². The Morgan fingerprint density at radius 3 is 2.55 bits per heavy atom. The molecule has 0 aliphatic rings. The van der Waals surface area contributed by atoms with Gasteiger partial charge in [-0.25, -0.2) is 4.39 Å². The van der Waals surface area contributed by atoms with Crippen LogP contribution in [-0.2, 0) is 0 Å². The number of hydrogen-bond acceptors (Lipinski definition) is 1. The Morgan fingerprint density at radius 1 is 1.20 bits per heavy atom. The van der Waals surface area contributed by atoms with Crippen molar-refractivity contribution in [3.05, 3.63) is 71.0 Å². The van der Waals surface area contributed by atoms with Gasteiger partial charge in [0, 0.05) is 6.54 Å². The van der Waals surface area contributed by atoms with Gasteiger partial charge in [0.05, 0.1) is 5.56 Å². The molecule has 0 bridgehead atoms. The first-order valence-corrected chi connectivity index (χ1v) is 6.67. The van der Waals surface area contributed by atoms with E-state index < -0.39 is 5.82 Å². The molecular weight excluding hydrogens is 253 g/mol. The largest absolute Gasteiger partial charge is 0.351 e. The third-order valence-electron chi connectivity index (χ3n) is 3.31. The van der Waals surface area contributed by atoms with Crippen molar-refractivity contribution in [2.24, 2.45) is 0 Å². The van der Waals surface area contributed by atoms with Crippen LogP contribution in [0, 0.1) is 12.7 Å². The summed E-state index contributed by atoms with van der Waals surface area (Å²) in [4.78, 5) is 12.0. The number of hydrogen-bond donors (Lipinski definition) is 1. The van der Waals surface area contributed by atoms with E-state index in [0.29, 0.717) is 6.54 Å². The Labute approximate surface area is 118 Å². The molecule has 0 aliphatic heterocycles. The molecule has 1 atom stereocenters. The van der Waals surface area contributed by atoms with Crippen molar-refractivity contribution in [3.8, 4) is 0 Å². The Bertz CT molecular complexity index is 595. The first-order chi connectivity index (χ1) is 9.58. The predicted molar refractivity (Wildman–Crippen MR) is 78.3 cm³/mol. The van der Waals surface area contributed by atoms with Gasteiger partial charge < -0.3 is 5.32 Å². The van der Waals surface area contributed by atoms with Gasteiger partial charge in [0.2, 0.25) is 0 Å². The molecule has 3 heteroatoms. The number of nitrogens with one attached hydrogen (secondary N) is 1. The minimum atomic E-state index is -0.477. The molecule has 0 aromatic heterocycles. The van der Waals surface area contributed by atoms with Gasteiger partial charge in [-0.2, -0.15) is 0 Å². The topological polar surface area (TPSA) is 29.1 Å². The fourth-order valence-electron chi connectivity index (χ4n) is 2.04. The minimum Gasteiger partial charge on any atom is -0.351 e. The fraction of sp³-hybridized carbons (Fsp3) is 0.235. The molecule has 2 rings (SSSR count). The van der Waals surface area contributed by atoms with Crippen LogP contribution >= 0.6 is 0 Å². The summed E-state index contributed by atoms with van der Waals surface area (Å²) in [5.41, 5.74) is 2.05. The third-order valence-corrected chi connectivity index (χ3v) is 3.31. The van der Waals surface area contributed by atoms with Crippen LogP contribution in [-0.4, -0.2) is 12.5 Å². The van der Waals surface area contributed by atoms with Gasteiger partial charge in [-0.1, -0.05) is 43.3 Å². The number of halogens is 1. The number of aryl methyl sites for hydroxylation is 1. The molecule has 0 spiro atoms. The molecule has 0 heterocycles. The number of amides is 1. The Balaban J connectivity index is 1.99. The normalized spacial score (nSPS) is 11.9. The van der Waals surface area contributed by atoms with Crippen LogP contribution < -0.4 is 5.32 Å². The molecule has 0 saturated heterocycles. The highest BCUT2D eigenvalue weighted by molar-refractivity contribution is 5.94. The van der Waals surface area contributed by atoms with Crippen molar-refractivity contribution in [3.63, 3.8) is 0 Å². The maximum absolute atomic E-state index is 13.7. The van der Waals surface area contributed by atoms with E-state index in [2.05, 4.69) is 5.32 Å². The lowest BCUT2D eigenvalue weighted by Crippen LogP contribution is -2.28. The molecule has 2 aromatic rings. The highest BCUT2D eigenvalue weighted by Crippen LogP contribution is 2.14. The van der Waals surface area contributed by atoms with Crippen LogP contribution in [0.2, 0.25) is 0 Å². The predicted octanol–water partition coefficient (Wildman–Crippen LogP) is 3.67. The van der Waals surface area contributed by atoms with Crippen LogP contribution in [0.15, 0.2) is 48.5 Å². The van der Waals surface area contributed by atoms with Gasteiger partial charge in [0.1, 0.15) is 5.82 Å². The highest BCUT2D eigenvalue weighted by Gasteiger charge is 2.13. The SMILES string of the molecule is Cc1ccc(C(=O)NCC(C)c2ccccc2)c(F)c1. The Hall–Kier alpha value is -2.16. The lowest BCUT2D eigenvalue weighted by Gasteiger charge is -2.13. The summed E-state index contributed by atoms with van der Waals surface area (Å²) in [6, 6.07) is 14.5. The molecule has 0 aliphatic carbocycles. The van der Waals surface area contributed by atoms with Crippen LogP contribution in [0.1, 0.15) is 34.3 Å². The molecule has 1 N–H and O–H groups in total. The van der Waals surface area contributed by atoms with E-state index in [1.165, 1.54) is 12.1 Å². The summed E-state index contributed by atoms with van der Waals surface area (Å²) in [7, 11) is 0. The van der Waals surface area contributed by atoms with E-state index in [1.807, 2.05) is 37.3 Å². The number of benzene rings is 2. The van der Waals surface area contributed by atoms with Crippen molar-refractivity contribution in [1.29, 1.82) is 0 Å². The van der Waals surface area contributed by atoms with Gasteiger partial charge in [-0.3, -0.25) is 4.79 Å². The van der Waals surface area contributed by atoms with Gasteiger partial charge in [0.25, 0.3) is 5.91 Å². The summed E-state index contributed by atoms with van der Waals surface area (Å²) in [6.07, 6.45) is 0. The zero-order valence-electron chi connectivity index (χ0n) is 11.7. The second-order valence-electron chi connectivity index (χ2n) is 5.01. The summed E-state index contributed by atoms with van der Waals surface area (Å²) < 4.78 is 13.7. The zero-order chi connectivity index (χ0) is 14.5. The minimum absolute atomic E-state index is 0.0934. The lowest BCUT2D eigenvalue weighted by molar-refractivity contribution is 0.0947. The zero-order valence-corrected chi connectivity index (χ0v) is 11.7. The molecule has 1 amide bonds. The third kappa shape index (κ3) is 3.44. The Morgan fingerprint density at radius 2 is 1.90 bits per heavy atom. The van der Waals surface area contributed by atoms with E-state index >= 15 is 0 Å². The van der Waals surface area contributed by atoms with Crippen molar-refractivity contribution in [1.82, 2.24) is 5.32 Å². The van der Waals surface area contributed by atoms with Crippen LogP contribution in [0.4, 0.5) is 4.39 Å². The number of carbonyl (C=O) groups is 1. The van der Waals surface area contributed by atoms with E-state index in [0.717, 1.165) is 11.1 Å². The first-order valence-electron chi connectivity index (χ1n) is 6.67. The molecule has 2 aromatic carbocycles. The summed E-state index contributed by atoms with van der Waals surface area (Å²) >= 11 is 0. The first kappa shape index (κ1) is 14.3. The average molecular weight is 271 g/mol. The maximum Gasteiger partial charge on any atom is 0.254 e. The lowest BCUT2D eigenvalue weighted by atomic mass is 10.0. The highest BCUT2D eigenvalue weighted by atomic mass is 19.1. The van der Waals surface area contributed by atoms with Crippen LogP contribution in [0.25, 0.3) is 0 Å². The monoisotopic (exact) mass is 271 g/mol. The van der Waals surface area contributed by atoms with Crippen LogP contribution in [0.3, 0.4) is 0 Å². The molecule has 0 saturated carbocycles. The molecule has 0 radical (unpaired) electrons. The Kier molecular flexibility index (Phi) is 4.51. The second kappa shape index (κ2) is 6.33. The molecule has 104 valence electrons. The molecule has 20 heavy (non-hydrogen) atoms. The summed E-state index contributed by atoms with van der Waals surface area (Å²) in [5, 5.41) is 2.78. The smallest absolute Gasteiger partial charge is 0.254 e. The molecular formula is C17H18FNO. The van der Waals surface area contributed by atoms with Gasteiger partial charge in [-0.05, 0) is 36.1 Å². The molecule has 2 nitrogen and oxygen atoms in total. The van der Waals surface area contributed by atoms with Gasteiger partial charge >= 0.3 is 0 Å². The maximum atomic E-state index is 13.7. The van der Waals surface area contributed by atoms with Crippen molar-refractivity contribution < 1.29 is 9.18 Å². The van der Waals surface area contributed by atoms with Crippen molar-refractivity contribution in [2.75, 3.05) is 6.54 Å². The fourth-order valence-corrected chi connectivity index (χ4v) is 2.04.